The highest BCUT2D eigenvalue weighted by atomic mass is 32.1. The van der Waals surface area contributed by atoms with E-state index in [9.17, 15) is 14.7 Å². The molecule has 144 valence electrons. The molecule has 2 N–H and O–H groups in total. The SMILES string of the molecule is Cc1ccc2nc(NC(=O)[C@@H]3C[C@@H](O)CN3C(=O)Oc3ccccc3)sc2c1. The zero-order chi connectivity index (χ0) is 19.7. The van der Waals surface area contributed by atoms with E-state index in [0.29, 0.717) is 10.9 Å². The minimum absolute atomic E-state index is 0.0444. The lowest BCUT2D eigenvalue weighted by Gasteiger charge is -2.22. The lowest BCUT2D eigenvalue weighted by molar-refractivity contribution is -0.119. The number of carbonyl (C=O) groups excluding carboxylic acids is 2. The van der Waals surface area contributed by atoms with Gasteiger partial charge in [0.2, 0.25) is 5.91 Å². The molecule has 0 unspecified atom stereocenters. The third-order valence-corrected chi connectivity index (χ3v) is 5.47. The molecule has 8 heteroatoms. The lowest BCUT2D eigenvalue weighted by atomic mass is 10.2. The molecule has 2 atom stereocenters. The average molecular weight is 397 g/mol. The first-order valence-electron chi connectivity index (χ1n) is 8.89. The molecule has 0 spiro atoms. The van der Waals surface area contributed by atoms with Gasteiger partial charge in [0.25, 0.3) is 0 Å². The van der Waals surface area contributed by atoms with Crippen molar-refractivity contribution < 1.29 is 19.4 Å². The van der Waals surface area contributed by atoms with Crippen LogP contribution in [0.4, 0.5) is 9.93 Å². The van der Waals surface area contributed by atoms with Crippen molar-refractivity contribution in [1.29, 1.82) is 0 Å². The van der Waals surface area contributed by atoms with E-state index in [2.05, 4.69) is 10.3 Å². The summed E-state index contributed by atoms with van der Waals surface area (Å²) >= 11 is 1.37. The fourth-order valence-corrected chi connectivity index (χ4v) is 4.15. The number of carbonyl (C=O) groups is 2. The van der Waals surface area contributed by atoms with E-state index in [1.807, 2.05) is 31.2 Å². The van der Waals surface area contributed by atoms with Crippen LogP contribution in [0.2, 0.25) is 0 Å². The van der Waals surface area contributed by atoms with Gasteiger partial charge < -0.3 is 15.2 Å². The number of benzene rings is 2. The molecule has 0 bridgehead atoms. The fraction of sp³-hybridized carbons (Fsp3) is 0.250. The molecule has 0 radical (unpaired) electrons. The first kappa shape index (κ1) is 18.4. The summed E-state index contributed by atoms with van der Waals surface area (Å²) in [7, 11) is 0. The van der Waals surface area contributed by atoms with Gasteiger partial charge in [-0.1, -0.05) is 35.6 Å². The number of thiazole rings is 1. The van der Waals surface area contributed by atoms with E-state index in [1.54, 1.807) is 24.3 Å². The highest BCUT2D eigenvalue weighted by Crippen LogP contribution is 2.28. The van der Waals surface area contributed by atoms with Crippen LogP contribution in [0.25, 0.3) is 10.2 Å². The number of likely N-dealkylation sites (tertiary alicyclic amines) is 1. The van der Waals surface area contributed by atoms with Crippen LogP contribution in [-0.2, 0) is 4.79 Å². The zero-order valence-corrected chi connectivity index (χ0v) is 16.0. The Labute approximate surface area is 165 Å². The summed E-state index contributed by atoms with van der Waals surface area (Å²) in [5.41, 5.74) is 1.92. The van der Waals surface area contributed by atoms with Crippen LogP contribution in [0.5, 0.6) is 5.75 Å². The van der Waals surface area contributed by atoms with Gasteiger partial charge in [-0.05, 0) is 36.8 Å². The second-order valence-corrected chi connectivity index (χ2v) is 7.75. The van der Waals surface area contributed by atoms with Crippen molar-refractivity contribution in [2.75, 3.05) is 11.9 Å². The number of ether oxygens (including phenoxy) is 1. The third kappa shape index (κ3) is 3.83. The van der Waals surface area contributed by atoms with Gasteiger partial charge in [0.1, 0.15) is 11.8 Å². The van der Waals surface area contributed by atoms with Crippen LogP contribution >= 0.6 is 11.3 Å². The van der Waals surface area contributed by atoms with Crippen molar-refractivity contribution >= 4 is 38.7 Å². The molecular formula is C20H19N3O4S. The van der Waals surface area contributed by atoms with Crippen molar-refractivity contribution in [3.8, 4) is 5.75 Å². The second kappa shape index (κ2) is 7.57. The van der Waals surface area contributed by atoms with Gasteiger partial charge in [-0.15, -0.1) is 0 Å². The summed E-state index contributed by atoms with van der Waals surface area (Å²) in [4.78, 5) is 30.9. The number of nitrogens with one attached hydrogen (secondary N) is 1. The van der Waals surface area contributed by atoms with E-state index < -0.39 is 24.1 Å². The highest BCUT2D eigenvalue weighted by Gasteiger charge is 2.40. The number of β-amino-alcohol motifs (C(OH)–C–C–N with tert-alkyl or cyclic N) is 1. The maximum atomic E-state index is 12.8. The number of para-hydroxylation sites is 1. The van der Waals surface area contributed by atoms with Crippen LogP contribution in [0, 0.1) is 6.92 Å². The van der Waals surface area contributed by atoms with Crippen molar-refractivity contribution in [2.24, 2.45) is 0 Å². The number of aliphatic hydroxyl groups excluding tert-OH is 1. The number of aryl methyl sites for hydroxylation is 1. The third-order valence-electron chi connectivity index (χ3n) is 4.54. The molecule has 1 aliphatic heterocycles. The summed E-state index contributed by atoms with van der Waals surface area (Å²) in [6, 6.07) is 13.7. The molecule has 1 aromatic heterocycles. The van der Waals surface area contributed by atoms with Crippen molar-refractivity contribution in [1.82, 2.24) is 9.88 Å². The second-order valence-electron chi connectivity index (χ2n) is 6.72. The molecule has 0 aliphatic carbocycles. The minimum atomic E-state index is -0.819. The van der Waals surface area contributed by atoms with Crippen molar-refractivity contribution in [3.63, 3.8) is 0 Å². The van der Waals surface area contributed by atoms with Gasteiger partial charge in [-0.25, -0.2) is 9.78 Å². The first-order chi connectivity index (χ1) is 13.5. The molecule has 3 aromatic rings. The van der Waals surface area contributed by atoms with Crippen LogP contribution in [0.3, 0.4) is 0 Å². The Morgan fingerprint density at radius 2 is 2.04 bits per heavy atom. The summed E-state index contributed by atoms with van der Waals surface area (Å²) in [6.45, 7) is 2.04. The van der Waals surface area contributed by atoms with Gasteiger partial charge in [-0.2, -0.15) is 0 Å². The number of rotatable bonds is 3. The summed E-state index contributed by atoms with van der Waals surface area (Å²) in [6.07, 6.45) is -1.29. The number of aromatic nitrogens is 1. The van der Waals surface area contributed by atoms with Gasteiger partial charge in [0.15, 0.2) is 5.13 Å². The monoisotopic (exact) mass is 397 g/mol. The standard InChI is InChI=1S/C20H19N3O4S/c1-12-7-8-15-17(9-12)28-19(21-15)22-18(25)16-10-13(24)11-23(16)20(26)27-14-5-3-2-4-6-14/h2-9,13,16,24H,10-11H2,1H3,(H,21,22,25)/t13-,16+/m1/s1. The maximum Gasteiger partial charge on any atom is 0.416 e. The fourth-order valence-electron chi connectivity index (χ4n) is 3.19. The molecular weight excluding hydrogens is 378 g/mol. The van der Waals surface area contributed by atoms with Crippen molar-refractivity contribution in [3.05, 3.63) is 54.1 Å². The Morgan fingerprint density at radius 1 is 1.25 bits per heavy atom. The predicted molar refractivity (Wildman–Crippen MR) is 107 cm³/mol. The van der Waals surface area contributed by atoms with Gasteiger partial charge in [-0.3, -0.25) is 9.69 Å². The van der Waals surface area contributed by atoms with Crippen LogP contribution < -0.4 is 10.1 Å². The quantitative estimate of drug-likeness (QED) is 0.708. The topological polar surface area (TPSA) is 91.8 Å². The zero-order valence-electron chi connectivity index (χ0n) is 15.2. The predicted octanol–water partition coefficient (Wildman–Crippen LogP) is 3.18. The average Bonchev–Trinajstić information content (AvgIpc) is 3.25. The molecule has 1 aliphatic rings. The van der Waals surface area contributed by atoms with Gasteiger partial charge >= 0.3 is 6.09 Å². The minimum Gasteiger partial charge on any atom is -0.410 e. The Kier molecular flexibility index (Phi) is 4.97. The number of anilines is 1. The number of hydrogen-bond acceptors (Lipinski definition) is 6. The van der Waals surface area contributed by atoms with E-state index >= 15 is 0 Å². The summed E-state index contributed by atoms with van der Waals surface area (Å²) < 4.78 is 6.30. The normalized spacial score (nSPS) is 19.0. The molecule has 7 nitrogen and oxygen atoms in total. The van der Waals surface area contributed by atoms with E-state index in [-0.39, 0.29) is 13.0 Å². The molecule has 2 amide bonds. The number of aliphatic hydroxyl groups is 1. The summed E-state index contributed by atoms with van der Waals surface area (Å²) in [5.74, 6) is -0.00747. The molecule has 2 heterocycles. The molecule has 2 aromatic carbocycles. The van der Waals surface area contributed by atoms with Crippen molar-refractivity contribution in [2.45, 2.75) is 25.5 Å². The van der Waals surface area contributed by atoms with Gasteiger partial charge in [0, 0.05) is 6.42 Å². The number of amides is 2. The number of hydrogen-bond donors (Lipinski definition) is 2. The Balaban J connectivity index is 1.48. The Morgan fingerprint density at radius 3 is 2.82 bits per heavy atom. The number of nitrogens with zero attached hydrogens (tertiary/aromatic N) is 2. The molecule has 1 fully saturated rings. The van der Waals surface area contributed by atoms with Crippen LogP contribution in [0.1, 0.15) is 12.0 Å². The van der Waals surface area contributed by atoms with Crippen LogP contribution in [0.15, 0.2) is 48.5 Å². The number of fused-ring (bicyclic) bond motifs is 1. The van der Waals surface area contributed by atoms with E-state index in [0.717, 1.165) is 15.8 Å². The highest BCUT2D eigenvalue weighted by molar-refractivity contribution is 7.22. The maximum absolute atomic E-state index is 12.8. The lowest BCUT2D eigenvalue weighted by Crippen LogP contribution is -2.44. The summed E-state index contributed by atoms with van der Waals surface area (Å²) in [5, 5.41) is 13.2. The van der Waals surface area contributed by atoms with Gasteiger partial charge in [0.05, 0.1) is 22.9 Å². The smallest absolute Gasteiger partial charge is 0.410 e. The molecule has 0 saturated carbocycles. The molecule has 28 heavy (non-hydrogen) atoms. The first-order valence-corrected chi connectivity index (χ1v) is 9.71. The Hall–Kier alpha value is -2.97. The van der Waals surface area contributed by atoms with E-state index in [4.69, 9.17) is 4.74 Å². The van der Waals surface area contributed by atoms with Crippen LogP contribution in [-0.4, -0.2) is 45.7 Å². The molecule has 1 saturated heterocycles. The van der Waals surface area contributed by atoms with E-state index in [1.165, 1.54) is 16.2 Å². The largest absolute Gasteiger partial charge is 0.416 e. The Bertz CT molecular complexity index is 1020. The molecule has 4 rings (SSSR count).